The monoisotopic (exact) mass is 1150 g/mol. The molecule has 0 amide bonds. The Morgan fingerprint density at radius 3 is 1.33 bits per heavy atom. The van der Waals surface area contributed by atoms with Gasteiger partial charge in [-0.1, -0.05) is 36.4 Å². The molecule has 0 aliphatic carbocycles. The molecular weight excluding hydrogens is 1080 g/mol. The first-order valence-electron chi connectivity index (χ1n) is 27.7. The number of para-hydroxylation sites is 2. The number of rotatable bonds is 14. The number of nitrogen functional groups attached to an aromatic ring is 1. The van der Waals surface area contributed by atoms with Crippen LogP contribution in [-0.4, -0.2) is 142 Å². The van der Waals surface area contributed by atoms with Crippen molar-refractivity contribution in [3.05, 3.63) is 117 Å². The first-order valence-corrected chi connectivity index (χ1v) is 28.5. The maximum absolute atomic E-state index is 9.26. The molecule has 0 spiro atoms. The molecule has 12 rings (SSSR count). The lowest BCUT2D eigenvalue weighted by Gasteiger charge is -2.35. The highest BCUT2D eigenvalue weighted by atomic mass is 35.5. The van der Waals surface area contributed by atoms with Crippen molar-refractivity contribution in [3.8, 4) is 22.9 Å². The van der Waals surface area contributed by atoms with Gasteiger partial charge in [-0.15, -0.1) is 0 Å². The summed E-state index contributed by atoms with van der Waals surface area (Å²) in [6.07, 6.45) is 5.14. The number of nitrogens with two attached hydrogens (primary N) is 1. The quantitative estimate of drug-likeness (QED) is 0.0983. The summed E-state index contributed by atoms with van der Waals surface area (Å²) in [5, 5.41) is 9.74. The van der Waals surface area contributed by atoms with Gasteiger partial charge in [0, 0.05) is 74.6 Å². The lowest BCUT2D eigenvalue weighted by molar-refractivity contribution is -0.0411. The summed E-state index contributed by atoms with van der Waals surface area (Å²) < 4.78 is 46.9. The number of benzene rings is 2. The molecule has 3 saturated heterocycles. The lowest BCUT2D eigenvalue weighted by Crippen LogP contribution is -2.44. The number of anilines is 4. The van der Waals surface area contributed by atoms with E-state index in [1.165, 1.54) is 0 Å². The van der Waals surface area contributed by atoms with E-state index in [9.17, 15) is 5.11 Å². The van der Waals surface area contributed by atoms with E-state index in [-0.39, 0.29) is 41.2 Å². The van der Waals surface area contributed by atoms with Gasteiger partial charge in [0.05, 0.1) is 113 Å². The van der Waals surface area contributed by atoms with E-state index in [1.54, 1.807) is 12.4 Å². The van der Waals surface area contributed by atoms with E-state index < -0.39 is 16.8 Å². The third-order valence-electron chi connectivity index (χ3n) is 15.6. The highest BCUT2D eigenvalue weighted by molar-refractivity contribution is 6.28. The molecule has 3 unspecified atom stereocenters. The van der Waals surface area contributed by atoms with Crippen molar-refractivity contribution in [3.63, 3.8) is 0 Å². The van der Waals surface area contributed by atoms with Gasteiger partial charge < -0.3 is 63.4 Å². The zero-order valence-corrected chi connectivity index (χ0v) is 48.4. The fourth-order valence-electron chi connectivity index (χ4n) is 10.9. The van der Waals surface area contributed by atoms with Crippen LogP contribution in [0.4, 0.5) is 23.4 Å². The molecule has 81 heavy (non-hydrogen) atoms. The van der Waals surface area contributed by atoms with Crippen LogP contribution in [0.15, 0.2) is 73.1 Å². The Morgan fingerprint density at radius 1 is 0.556 bits per heavy atom. The minimum atomic E-state index is -0.596. The summed E-state index contributed by atoms with van der Waals surface area (Å²) in [5.74, 6) is 5.05. The third kappa shape index (κ3) is 13.1. The topological polar surface area (TPSA) is 233 Å². The second-order valence-corrected chi connectivity index (χ2v) is 22.2. The molecular formula is C58H72Cl2N12O9. The SMILES string of the molecule is C[C@H]1COCCN1c1nc(-c2cnc(N)nc2)nc2c1COC2(C)CCOc1ccccc1.C[C@H]1COCCN1c1nc(Cl)nc2c1COC2(C)CCO.C[C@H]1COCCN1c1nc(Cl)nc2c1COC2(C)CCOc1ccccc1. The first-order chi connectivity index (χ1) is 39.1. The molecule has 6 atom stereocenters. The molecule has 10 heterocycles. The van der Waals surface area contributed by atoms with Gasteiger partial charge in [-0.25, -0.2) is 39.9 Å². The molecule has 4 aromatic heterocycles. The van der Waals surface area contributed by atoms with Crippen LogP contribution in [-0.2, 0) is 65.0 Å². The van der Waals surface area contributed by atoms with Crippen LogP contribution in [0.1, 0.15) is 94.6 Å². The summed E-state index contributed by atoms with van der Waals surface area (Å²) in [5.41, 5.74) is 10.2. The van der Waals surface area contributed by atoms with Crippen molar-refractivity contribution in [1.29, 1.82) is 0 Å². The second-order valence-electron chi connectivity index (χ2n) is 21.5. The molecule has 23 heteroatoms. The van der Waals surface area contributed by atoms with E-state index in [2.05, 4.69) is 72.3 Å². The Bertz CT molecular complexity index is 3090. The number of aliphatic hydroxyl groups is 1. The van der Waals surface area contributed by atoms with Crippen molar-refractivity contribution in [2.45, 2.75) is 116 Å². The number of aliphatic hydroxyl groups excluding tert-OH is 1. The highest BCUT2D eigenvalue weighted by Gasteiger charge is 2.44. The minimum Gasteiger partial charge on any atom is -0.493 e. The van der Waals surface area contributed by atoms with Gasteiger partial charge >= 0.3 is 0 Å². The predicted octanol–water partition coefficient (Wildman–Crippen LogP) is 8.01. The fourth-order valence-corrected chi connectivity index (χ4v) is 11.3. The predicted molar refractivity (Wildman–Crippen MR) is 306 cm³/mol. The zero-order valence-electron chi connectivity index (χ0n) is 46.9. The standard InChI is InChI=1S/C24H28N6O3.C20H24ClN3O3.C14H20ClN3O3/c1-16-14-31-11-9-30(16)22-19-15-33-24(2,8-10-32-18-6-4-3-5-7-18)20(19)28-21(29-22)17-12-26-23(25)27-13-17;1-14-12-25-11-9-24(14)18-16-13-27-20(2,17(16)22-19(21)23-18)8-10-26-15-6-4-3-5-7-15;1-9-7-20-6-4-18(9)12-10-8-21-14(2,3-5-19)11(10)16-13(15)17-12/h3-7,12-13,16H,8-11,14-15H2,1-2H3,(H2,25,26,27);3-7,14H,8-13H2,1-2H3;9,19H,3-8H2,1-2H3/t16-,24?;14-,20?;9-,14?/m000/s1. The van der Waals surface area contributed by atoms with E-state index in [0.717, 1.165) is 82.4 Å². The molecule has 3 fully saturated rings. The molecule has 2 aromatic carbocycles. The Kier molecular flexibility index (Phi) is 18.3. The van der Waals surface area contributed by atoms with Gasteiger partial charge in [-0.3, -0.25) is 0 Å². The smallest absolute Gasteiger partial charge is 0.224 e. The maximum atomic E-state index is 9.26. The zero-order chi connectivity index (χ0) is 56.7. The van der Waals surface area contributed by atoms with Gasteiger partial charge in [0.1, 0.15) is 45.8 Å². The number of hydrogen-bond donors (Lipinski definition) is 2. The molecule has 0 bridgehead atoms. The minimum absolute atomic E-state index is 0.0425. The average Bonchev–Trinajstić information content (AvgIpc) is 4.13. The van der Waals surface area contributed by atoms with Crippen LogP contribution in [0, 0.1) is 0 Å². The van der Waals surface area contributed by atoms with Crippen molar-refractivity contribution >= 4 is 46.6 Å². The van der Waals surface area contributed by atoms with Crippen molar-refractivity contribution in [1.82, 2.24) is 39.9 Å². The lowest BCUT2D eigenvalue weighted by atomic mass is 9.96. The maximum Gasteiger partial charge on any atom is 0.224 e. The van der Waals surface area contributed by atoms with Crippen molar-refractivity contribution < 1.29 is 43.0 Å². The Labute approximate surface area is 482 Å². The summed E-state index contributed by atoms with van der Waals surface area (Å²) in [4.78, 5) is 42.7. The van der Waals surface area contributed by atoms with E-state index in [1.807, 2.05) is 74.5 Å². The largest absolute Gasteiger partial charge is 0.493 e. The Morgan fingerprint density at radius 2 is 0.938 bits per heavy atom. The van der Waals surface area contributed by atoms with Gasteiger partial charge in [-0.05, 0) is 89.0 Å². The molecule has 432 valence electrons. The van der Waals surface area contributed by atoms with Crippen LogP contribution >= 0.6 is 23.2 Å². The number of hydrogen-bond acceptors (Lipinski definition) is 21. The summed E-state index contributed by atoms with van der Waals surface area (Å²) >= 11 is 12.4. The van der Waals surface area contributed by atoms with E-state index >= 15 is 0 Å². The van der Waals surface area contributed by atoms with Gasteiger partial charge in [-0.2, -0.15) is 0 Å². The van der Waals surface area contributed by atoms with Crippen LogP contribution < -0.4 is 29.9 Å². The molecule has 0 radical (unpaired) electrons. The number of fused-ring (bicyclic) bond motifs is 3. The average molecular weight is 1150 g/mol. The fraction of sp³-hybridized carbons (Fsp3) is 0.517. The summed E-state index contributed by atoms with van der Waals surface area (Å²) in [7, 11) is 0. The number of ether oxygens (including phenoxy) is 8. The molecule has 6 aliphatic rings. The van der Waals surface area contributed by atoms with E-state index in [4.69, 9.17) is 76.8 Å². The normalized spacial score (nSPS) is 24.8. The summed E-state index contributed by atoms with van der Waals surface area (Å²) in [6.45, 7) is 21.2. The number of morpholine rings is 3. The molecule has 3 N–H and O–H groups in total. The first kappa shape index (κ1) is 58.1. The van der Waals surface area contributed by atoms with Crippen molar-refractivity contribution in [2.75, 3.05) is 99.5 Å². The Hall–Kier alpha value is -6.14. The van der Waals surface area contributed by atoms with Crippen molar-refractivity contribution in [2.24, 2.45) is 0 Å². The number of nitrogens with zero attached hydrogens (tertiary/aromatic N) is 11. The van der Waals surface area contributed by atoms with Crippen LogP contribution in [0.5, 0.6) is 11.5 Å². The summed E-state index contributed by atoms with van der Waals surface area (Å²) in [6, 6.07) is 20.2. The third-order valence-corrected chi connectivity index (χ3v) is 16.0. The van der Waals surface area contributed by atoms with Crippen LogP contribution in [0.3, 0.4) is 0 Å². The van der Waals surface area contributed by atoms with Gasteiger partial charge in [0.2, 0.25) is 16.5 Å². The molecule has 6 aliphatic heterocycles. The van der Waals surface area contributed by atoms with E-state index in [0.29, 0.717) is 103 Å². The number of halogens is 2. The van der Waals surface area contributed by atoms with Crippen LogP contribution in [0.25, 0.3) is 11.4 Å². The molecule has 21 nitrogen and oxygen atoms in total. The van der Waals surface area contributed by atoms with Crippen LogP contribution in [0.2, 0.25) is 10.6 Å². The van der Waals surface area contributed by atoms with Gasteiger partial charge in [0.25, 0.3) is 0 Å². The number of aromatic nitrogens is 8. The molecule has 0 saturated carbocycles. The van der Waals surface area contributed by atoms with Gasteiger partial charge in [0.15, 0.2) is 5.82 Å². The second kappa shape index (κ2) is 25.6. The molecule has 6 aromatic rings. The highest BCUT2D eigenvalue weighted by Crippen LogP contribution is 2.45. The Balaban J connectivity index is 0.000000140.